The van der Waals surface area contributed by atoms with Crippen molar-refractivity contribution in [1.82, 2.24) is 0 Å². The molecule has 0 spiro atoms. The summed E-state index contributed by atoms with van der Waals surface area (Å²) < 4.78 is 38.9. The van der Waals surface area contributed by atoms with E-state index >= 15 is 0 Å². The Kier molecular flexibility index (Phi) is 3.58. The van der Waals surface area contributed by atoms with Crippen LogP contribution in [0.1, 0.15) is 34.9 Å². The topological polar surface area (TPSA) is 26.0 Å². The number of benzene rings is 1. The highest BCUT2D eigenvalue weighted by Gasteiger charge is 2.33. The average molecular weight is 311 g/mol. The molecule has 1 unspecified atom stereocenters. The van der Waals surface area contributed by atoms with Crippen molar-refractivity contribution in [3.63, 3.8) is 0 Å². The number of rotatable bonds is 3. The maximum absolute atomic E-state index is 13.0. The molecule has 1 heterocycles. The largest absolute Gasteiger partial charge is 0.416 e. The fraction of sp³-hybridized carbons (Fsp3) is 0.375. The highest BCUT2D eigenvalue weighted by atomic mass is 32.1. The van der Waals surface area contributed by atoms with Crippen LogP contribution >= 0.6 is 11.3 Å². The molecule has 2 N–H and O–H groups in total. The molecule has 5 heteroatoms. The Balaban J connectivity index is 1.93. The number of aryl methyl sites for hydroxylation is 1. The molecule has 1 aromatic carbocycles. The van der Waals surface area contributed by atoms with Crippen molar-refractivity contribution in [3.05, 3.63) is 46.3 Å². The van der Waals surface area contributed by atoms with Crippen LogP contribution in [0.3, 0.4) is 0 Å². The molecule has 1 atom stereocenters. The second kappa shape index (κ2) is 5.14. The lowest BCUT2D eigenvalue weighted by molar-refractivity contribution is -0.138. The fourth-order valence-electron chi connectivity index (χ4n) is 2.46. The normalized spacial score (nSPS) is 17.0. The van der Waals surface area contributed by atoms with Crippen molar-refractivity contribution in [2.24, 2.45) is 11.7 Å². The lowest BCUT2D eigenvalue weighted by Crippen LogP contribution is -2.10. The molecule has 1 saturated carbocycles. The first-order chi connectivity index (χ1) is 9.86. The molecule has 0 aliphatic heterocycles. The van der Waals surface area contributed by atoms with Gasteiger partial charge in [-0.15, -0.1) is 11.3 Å². The van der Waals surface area contributed by atoms with Crippen LogP contribution in [0.25, 0.3) is 10.4 Å². The van der Waals surface area contributed by atoms with Gasteiger partial charge in [0.1, 0.15) is 0 Å². The van der Waals surface area contributed by atoms with Gasteiger partial charge < -0.3 is 5.73 Å². The van der Waals surface area contributed by atoms with Gasteiger partial charge in [-0.1, -0.05) is 12.1 Å². The first-order valence-corrected chi connectivity index (χ1v) is 7.71. The van der Waals surface area contributed by atoms with Crippen LogP contribution in [-0.4, -0.2) is 0 Å². The van der Waals surface area contributed by atoms with Crippen molar-refractivity contribution < 1.29 is 13.2 Å². The van der Waals surface area contributed by atoms with E-state index in [1.807, 2.05) is 12.1 Å². The van der Waals surface area contributed by atoms with E-state index < -0.39 is 11.7 Å². The molecular formula is C16H16F3NS. The number of halogens is 3. The Morgan fingerprint density at radius 2 is 1.90 bits per heavy atom. The van der Waals surface area contributed by atoms with Gasteiger partial charge in [-0.25, -0.2) is 0 Å². The zero-order chi connectivity index (χ0) is 15.2. The predicted molar refractivity (Wildman–Crippen MR) is 79.1 cm³/mol. The van der Waals surface area contributed by atoms with Gasteiger partial charge in [-0.3, -0.25) is 0 Å². The van der Waals surface area contributed by atoms with Gasteiger partial charge in [-0.05, 0) is 55.0 Å². The molecule has 112 valence electrons. The first kappa shape index (κ1) is 14.6. The molecule has 0 radical (unpaired) electrons. The monoisotopic (exact) mass is 311 g/mol. The molecule has 1 fully saturated rings. The van der Waals surface area contributed by atoms with Crippen LogP contribution in [0, 0.1) is 12.8 Å². The molecule has 0 amide bonds. The Labute approximate surface area is 125 Å². The number of nitrogens with two attached hydrogens (primary N) is 1. The molecule has 1 aliphatic carbocycles. The van der Waals surface area contributed by atoms with E-state index in [0.717, 1.165) is 22.6 Å². The zero-order valence-corrected chi connectivity index (χ0v) is 12.4. The predicted octanol–water partition coefficient (Wildman–Crippen LogP) is 5.15. The summed E-state index contributed by atoms with van der Waals surface area (Å²) >= 11 is 1.50. The summed E-state index contributed by atoms with van der Waals surface area (Å²) in [6.07, 6.45) is -2.01. The summed E-state index contributed by atoms with van der Waals surface area (Å²) in [7, 11) is 0. The van der Waals surface area contributed by atoms with E-state index in [9.17, 15) is 13.2 Å². The number of hydrogen-bond donors (Lipinski definition) is 1. The highest BCUT2D eigenvalue weighted by molar-refractivity contribution is 7.15. The van der Waals surface area contributed by atoms with E-state index in [1.54, 1.807) is 6.07 Å². The Bertz CT molecular complexity index is 656. The molecule has 1 nitrogen and oxygen atoms in total. The highest BCUT2D eigenvalue weighted by Crippen LogP contribution is 2.43. The third-order valence-corrected chi connectivity index (χ3v) is 5.15. The summed E-state index contributed by atoms with van der Waals surface area (Å²) in [6, 6.07) is 8.33. The van der Waals surface area contributed by atoms with Crippen LogP contribution in [-0.2, 0) is 6.18 Å². The smallest absolute Gasteiger partial charge is 0.323 e. The summed E-state index contributed by atoms with van der Waals surface area (Å²) in [5.41, 5.74) is 6.43. The minimum Gasteiger partial charge on any atom is -0.323 e. The second-order valence-corrected chi connectivity index (χ2v) is 6.71. The summed E-state index contributed by atoms with van der Waals surface area (Å²) in [6.45, 7) is 1.48. The van der Waals surface area contributed by atoms with E-state index in [-0.39, 0.29) is 11.6 Å². The standard InChI is InChI=1S/C16H16F3NS/c1-9-2-3-11(8-12(9)16(17,18)19)13-6-7-14(21-13)15(20)10-4-5-10/h2-3,6-8,10,15H,4-5,20H2,1H3. The lowest BCUT2D eigenvalue weighted by atomic mass is 10.0. The van der Waals surface area contributed by atoms with Crippen molar-refractivity contribution in [2.45, 2.75) is 32.0 Å². The minimum absolute atomic E-state index is 0.0243. The van der Waals surface area contributed by atoms with Crippen molar-refractivity contribution in [1.29, 1.82) is 0 Å². The minimum atomic E-state index is -4.31. The van der Waals surface area contributed by atoms with Gasteiger partial charge in [0.05, 0.1) is 5.56 Å². The maximum Gasteiger partial charge on any atom is 0.416 e. The Morgan fingerprint density at radius 1 is 1.19 bits per heavy atom. The maximum atomic E-state index is 13.0. The van der Waals surface area contributed by atoms with E-state index in [4.69, 9.17) is 5.73 Å². The first-order valence-electron chi connectivity index (χ1n) is 6.90. The Morgan fingerprint density at radius 3 is 2.52 bits per heavy atom. The van der Waals surface area contributed by atoms with Gasteiger partial charge in [0, 0.05) is 15.8 Å². The van der Waals surface area contributed by atoms with Gasteiger partial charge in [0.25, 0.3) is 0 Å². The van der Waals surface area contributed by atoms with Crippen molar-refractivity contribution in [3.8, 4) is 10.4 Å². The van der Waals surface area contributed by atoms with Crippen LogP contribution in [0.2, 0.25) is 0 Å². The van der Waals surface area contributed by atoms with Crippen LogP contribution in [0.5, 0.6) is 0 Å². The van der Waals surface area contributed by atoms with Gasteiger partial charge >= 0.3 is 6.18 Å². The Hall–Kier alpha value is -1.33. The van der Waals surface area contributed by atoms with E-state index in [2.05, 4.69) is 0 Å². The summed E-state index contributed by atoms with van der Waals surface area (Å²) in [4.78, 5) is 1.90. The van der Waals surface area contributed by atoms with Crippen molar-refractivity contribution in [2.75, 3.05) is 0 Å². The molecule has 0 saturated heterocycles. The van der Waals surface area contributed by atoms with Crippen LogP contribution < -0.4 is 5.73 Å². The van der Waals surface area contributed by atoms with Crippen molar-refractivity contribution >= 4 is 11.3 Å². The molecule has 2 aromatic rings. The molecule has 0 bridgehead atoms. The summed E-state index contributed by atoms with van der Waals surface area (Å²) in [5, 5.41) is 0. The fourth-order valence-corrected chi connectivity index (χ4v) is 3.55. The SMILES string of the molecule is Cc1ccc(-c2ccc(C(N)C3CC3)s2)cc1C(F)(F)F. The van der Waals surface area contributed by atoms with Gasteiger partial charge in [0.15, 0.2) is 0 Å². The second-order valence-electron chi connectivity index (χ2n) is 5.59. The van der Waals surface area contributed by atoms with E-state index in [1.165, 1.54) is 30.4 Å². The number of hydrogen-bond acceptors (Lipinski definition) is 2. The number of thiophene rings is 1. The average Bonchev–Trinajstić information content (AvgIpc) is 3.15. The van der Waals surface area contributed by atoms with Crippen LogP contribution in [0.15, 0.2) is 30.3 Å². The third kappa shape index (κ3) is 2.99. The van der Waals surface area contributed by atoms with Gasteiger partial charge in [-0.2, -0.15) is 13.2 Å². The molecule has 3 rings (SSSR count). The molecule has 21 heavy (non-hydrogen) atoms. The van der Waals surface area contributed by atoms with Gasteiger partial charge in [0.2, 0.25) is 0 Å². The lowest BCUT2D eigenvalue weighted by Gasteiger charge is -2.11. The zero-order valence-electron chi connectivity index (χ0n) is 11.6. The molecular weight excluding hydrogens is 295 g/mol. The quantitative estimate of drug-likeness (QED) is 0.833. The molecule has 1 aliphatic rings. The van der Waals surface area contributed by atoms with E-state index in [0.29, 0.717) is 11.5 Å². The third-order valence-electron chi connectivity index (χ3n) is 3.91. The molecule has 1 aromatic heterocycles. The van der Waals surface area contributed by atoms with Crippen LogP contribution in [0.4, 0.5) is 13.2 Å². The number of alkyl halides is 3. The summed E-state index contributed by atoms with van der Waals surface area (Å²) in [5.74, 6) is 0.542.